The Hall–Kier alpha value is -2.88. The summed E-state index contributed by atoms with van der Waals surface area (Å²) in [6, 6.07) is 8.91. The van der Waals surface area contributed by atoms with Gasteiger partial charge in [0.15, 0.2) is 17.6 Å². The largest absolute Gasteiger partial charge is 0.493 e. The van der Waals surface area contributed by atoms with Crippen LogP contribution in [0.5, 0.6) is 11.5 Å². The fourth-order valence-electron chi connectivity index (χ4n) is 4.98. The SMILES string of the molecule is [2H]C([2H])([2H])c1ccc(N2CC(Oc3cc([C@@H]4CN(C(=O)[C@@H](O)CO)C[C@@]4(C)CCO)ccc3OC)C2)nc1. The van der Waals surface area contributed by atoms with E-state index in [0.717, 1.165) is 5.56 Å². The number of rotatable bonds is 9. The van der Waals surface area contributed by atoms with Crippen LogP contribution in [0.2, 0.25) is 0 Å². The maximum absolute atomic E-state index is 12.6. The lowest BCUT2D eigenvalue weighted by atomic mass is 9.74. The smallest absolute Gasteiger partial charge is 0.253 e. The Bertz CT molecular complexity index is 1130. The molecule has 2 aliphatic rings. The zero-order chi connectivity index (χ0) is 27.7. The van der Waals surface area contributed by atoms with Gasteiger partial charge in [-0.1, -0.05) is 19.1 Å². The molecule has 0 aliphatic carbocycles. The fourth-order valence-corrected chi connectivity index (χ4v) is 4.98. The zero-order valence-electron chi connectivity index (χ0n) is 23.1. The molecule has 2 saturated heterocycles. The van der Waals surface area contributed by atoms with E-state index in [4.69, 9.17) is 13.6 Å². The highest BCUT2D eigenvalue weighted by atomic mass is 16.5. The van der Waals surface area contributed by atoms with Gasteiger partial charge < -0.3 is 34.6 Å². The van der Waals surface area contributed by atoms with Crippen LogP contribution in [0.1, 0.15) is 34.5 Å². The van der Waals surface area contributed by atoms with Crippen molar-refractivity contribution in [1.82, 2.24) is 9.88 Å². The van der Waals surface area contributed by atoms with Crippen LogP contribution in [0.15, 0.2) is 36.5 Å². The number of methoxy groups -OCH3 is 1. The lowest BCUT2D eigenvalue weighted by Gasteiger charge is -2.40. The summed E-state index contributed by atoms with van der Waals surface area (Å²) >= 11 is 0. The Kier molecular flexibility index (Phi) is 6.36. The predicted octanol–water partition coefficient (Wildman–Crippen LogP) is 1.33. The highest BCUT2D eigenvalue weighted by molar-refractivity contribution is 5.81. The van der Waals surface area contributed by atoms with Crippen LogP contribution in [0, 0.1) is 12.3 Å². The molecule has 35 heavy (non-hydrogen) atoms. The first-order valence-corrected chi connectivity index (χ1v) is 11.7. The van der Waals surface area contributed by atoms with Crippen LogP contribution in [-0.4, -0.2) is 89.8 Å². The second-order valence-corrected chi connectivity index (χ2v) is 9.56. The van der Waals surface area contributed by atoms with E-state index in [1.807, 2.05) is 30.0 Å². The number of aliphatic hydroxyl groups excluding tert-OH is 3. The summed E-state index contributed by atoms with van der Waals surface area (Å²) in [5.74, 6) is 1.15. The Labute approximate surface area is 210 Å². The number of hydrogen-bond acceptors (Lipinski definition) is 8. The maximum atomic E-state index is 12.6. The number of ether oxygens (including phenoxy) is 2. The third kappa shape index (κ3) is 5.22. The molecule has 0 saturated carbocycles. The molecule has 1 aromatic carbocycles. The molecule has 1 amide bonds. The summed E-state index contributed by atoms with van der Waals surface area (Å²) in [5.41, 5.74) is 0.677. The van der Waals surface area contributed by atoms with Crippen molar-refractivity contribution in [2.24, 2.45) is 5.41 Å². The van der Waals surface area contributed by atoms with Crippen molar-refractivity contribution in [1.29, 1.82) is 0 Å². The molecule has 2 fully saturated rings. The van der Waals surface area contributed by atoms with Gasteiger partial charge >= 0.3 is 0 Å². The first-order valence-electron chi connectivity index (χ1n) is 13.2. The molecule has 4 rings (SSSR count). The molecule has 2 aromatic rings. The number of anilines is 1. The van der Waals surface area contributed by atoms with Crippen molar-refractivity contribution in [3.05, 3.63) is 47.7 Å². The Balaban J connectivity index is 1.48. The molecule has 3 atom stereocenters. The molecule has 190 valence electrons. The van der Waals surface area contributed by atoms with Gasteiger partial charge in [0.2, 0.25) is 0 Å². The van der Waals surface area contributed by atoms with Crippen molar-refractivity contribution in [2.75, 3.05) is 51.4 Å². The van der Waals surface area contributed by atoms with Gasteiger partial charge in [-0.2, -0.15) is 0 Å². The number of aryl methyl sites for hydroxylation is 1. The van der Waals surface area contributed by atoms with Crippen molar-refractivity contribution >= 4 is 11.7 Å². The van der Waals surface area contributed by atoms with Gasteiger partial charge in [-0.3, -0.25) is 4.79 Å². The van der Waals surface area contributed by atoms with Gasteiger partial charge in [0.25, 0.3) is 5.91 Å². The molecular weight excluding hydrogens is 450 g/mol. The van der Waals surface area contributed by atoms with Crippen molar-refractivity contribution < 1.29 is 33.7 Å². The van der Waals surface area contributed by atoms with Crippen molar-refractivity contribution in [3.8, 4) is 11.5 Å². The molecule has 3 heterocycles. The van der Waals surface area contributed by atoms with E-state index in [-0.39, 0.29) is 24.2 Å². The van der Waals surface area contributed by atoms with Gasteiger partial charge in [-0.05, 0) is 48.0 Å². The van der Waals surface area contributed by atoms with Crippen LogP contribution < -0.4 is 14.4 Å². The summed E-state index contributed by atoms with van der Waals surface area (Å²) in [4.78, 5) is 20.4. The number of carbonyl (C=O) groups excluding carboxylic acids is 1. The molecule has 9 heteroatoms. The van der Waals surface area contributed by atoms with E-state index in [1.165, 1.54) is 6.20 Å². The Morgan fingerprint density at radius 1 is 1.26 bits per heavy atom. The number of aliphatic hydroxyl groups is 3. The van der Waals surface area contributed by atoms with E-state index in [1.54, 1.807) is 24.1 Å². The monoisotopic (exact) mass is 488 g/mol. The van der Waals surface area contributed by atoms with Gasteiger partial charge in [0.1, 0.15) is 11.9 Å². The topological polar surface area (TPSA) is 116 Å². The summed E-state index contributed by atoms with van der Waals surface area (Å²) in [5, 5.41) is 28.8. The number of carbonyl (C=O) groups is 1. The number of amides is 1. The normalized spacial score (nSPS) is 24.8. The maximum Gasteiger partial charge on any atom is 0.253 e. The van der Waals surface area contributed by atoms with Crippen LogP contribution in [-0.2, 0) is 4.79 Å². The van der Waals surface area contributed by atoms with Gasteiger partial charge in [-0.25, -0.2) is 4.98 Å². The molecule has 1 aromatic heterocycles. The molecule has 0 unspecified atom stereocenters. The van der Waals surface area contributed by atoms with Crippen LogP contribution in [0.4, 0.5) is 5.82 Å². The minimum absolute atomic E-state index is 0.0453. The van der Waals surface area contributed by atoms with E-state index in [0.29, 0.717) is 49.9 Å². The van der Waals surface area contributed by atoms with Crippen LogP contribution in [0.25, 0.3) is 0 Å². The quantitative estimate of drug-likeness (QED) is 0.484. The minimum Gasteiger partial charge on any atom is -0.493 e. The number of likely N-dealkylation sites (tertiary alicyclic amines) is 1. The Morgan fingerprint density at radius 3 is 2.69 bits per heavy atom. The number of nitrogens with zero attached hydrogens (tertiary/aromatic N) is 3. The molecular formula is C26H35N3O6. The van der Waals surface area contributed by atoms with Gasteiger partial charge in [0, 0.05) is 35.9 Å². The van der Waals surface area contributed by atoms with E-state index < -0.39 is 30.9 Å². The van der Waals surface area contributed by atoms with Crippen LogP contribution in [0.3, 0.4) is 0 Å². The first-order chi connectivity index (χ1) is 18.0. The van der Waals surface area contributed by atoms with Crippen LogP contribution >= 0.6 is 0 Å². The molecule has 2 aliphatic heterocycles. The second kappa shape index (κ2) is 10.4. The lowest BCUT2D eigenvalue weighted by Crippen LogP contribution is -2.54. The highest BCUT2D eigenvalue weighted by Gasteiger charge is 2.46. The Morgan fingerprint density at radius 2 is 2.06 bits per heavy atom. The number of hydrogen-bond donors (Lipinski definition) is 3. The van der Waals surface area contributed by atoms with E-state index >= 15 is 0 Å². The summed E-state index contributed by atoms with van der Waals surface area (Å²) < 4.78 is 34.3. The molecule has 9 nitrogen and oxygen atoms in total. The zero-order valence-corrected chi connectivity index (χ0v) is 20.1. The van der Waals surface area contributed by atoms with E-state index in [2.05, 4.69) is 4.98 Å². The highest BCUT2D eigenvalue weighted by Crippen LogP contribution is 2.47. The van der Waals surface area contributed by atoms with Crippen molar-refractivity contribution in [3.63, 3.8) is 0 Å². The predicted molar refractivity (Wildman–Crippen MR) is 131 cm³/mol. The van der Waals surface area contributed by atoms with E-state index in [9.17, 15) is 20.1 Å². The van der Waals surface area contributed by atoms with Gasteiger partial charge in [0.05, 0.1) is 26.8 Å². The average Bonchev–Trinajstić information content (AvgIpc) is 3.21. The standard InChI is InChI=1S/C26H35N3O6/c1-17-4-7-24(27-11-17)28-12-19(13-28)35-23-10-18(5-6-22(23)34-3)20-14-29(25(33)21(32)15-31)16-26(20,2)8-9-30/h4-7,10-11,19-21,30-32H,8-9,12-16H2,1-3H3/t20-,21-,26+/m0/s1/i1D3. The summed E-state index contributed by atoms with van der Waals surface area (Å²) in [6.07, 6.45) is 0.238. The minimum atomic E-state index is -2.19. The van der Waals surface area contributed by atoms with Crippen molar-refractivity contribution in [2.45, 2.75) is 38.3 Å². The fraction of sp³-hybridized carbons (Fsp3) is 0.538. The number of benzene rings is 1. The average molecular weight is 489 g/mol. The third-order valence-electron chi connectivity index (χ3n) is 7.05. The lowest BCUT2D eigenvalue weighted by molar-refractivity contribution is -0.141. The second-order valence-electron chi connectivity index (χ2n) is 9.56. The molecule has 0 spiro atoms. The summed E-state index contributed by atoms with van der Waals surface area (Å²) in [6.45, 7) is 0.954. The third-order valence-corrected chi connectivity index (χ3v) is 7.05. The molecule has 3 N–H and O–H groups in total. The van der Waals surface area contributed by atoms with Gasteiger partial charge in [-0.15, -0.1) is 0 Å². The first kappa shape index (κ1) is 21.4. The number of aromatic nitrogens is 1. The number of pyridine rings is 1. The summed E-state index contributed by atoms with van der Waals surface area (Å²) in [7, 11) is 1.56. The molecule has 0 radical (unpaired) electrons. The molecule has 0 bridgehead atoms.